The molecule has 7 atom stereocenters. The first kappa shape index (κ1) is 42.4. The Morgan fingerprint density at radius 2 is 1.80 bits per heavy atom. The van der Waals surface area contributed by atoms with Crippen molar-refractivity contribution in [3.63, 3.8) is 0 Å². The van der Waals surface area contributed by atoms with Crippen molar-refractivity contribution in [1.29, 1.82) is 0 Å². The van der Waals surface area contributed by atoms with E-state index in [9.17, 15) is 14.7 Å². The average Bonchev–Trinajstić information content (AvgIpc) is 3.04. The molecule has 1 fully saturated rings. The van der Waals surface area contributed by atoms with Gasteiger partial charge in [0.25, 0.3) is 0 Å². The van der Waals surface area contributed by atoms with Crippen LogP contribution in [0.5, 0.6) is 11.5 Å². The molecule has 1 aromatic carbocycles. The lowest BCUT2D eigenvalue weighted by atomic mass is 9.80. The second kappa shape index (κ2) is 18.5. The molecule has 1 aliphatic heterocycles. The highest BCUT2D eigenvalue weighted by Gasteiger charge is 2.52. The van der Waals surface area contributed by atoms with Crippen LogP contribution in [0.25, 0.3) is 0 Å². The van der Waals surface area contributed by atoms with E-state index in [1.54, 1.807) is 32.4 Å². The standard InChI is InChI=1S/C37H60O11Si/c1-14-17-45-33(38)22-37(44-11)21-32(48-49(12,13)36(5,6)7)26(4)34(47-37)25(3)29(42-9)18-24(2)19-31(35(39)40)46-23-27-15-16-28(41-8)30(20-27)43-10/h14-16,18,20,25-26,29,31-32,34H,1,17,19,21-23H2,2-13H3,(H,39,40)/b24-18+/t25-,26-,29-,31-,32+,34+,37+/m1/s1. The average molecular weight is 709 g/mol. The quantitative estimate of drug-likeness (QED) is 0.0912. The fraction of sp³-hybridized carbons (Fsp3) is 0.676. The summed E-state index contributed by atoms with van der Waals surface area (Å²) in [7, 11) is 4.00. The van der Waals surface area contributed by atoms with Gasteiger partial charge in [-0.25, -0.2) is 4.79 Å². The zero-order chi connectivity index (χ0) is 37.2. The number of methoxy groups -OCH3 is 4. The molecular formula is C37H60O11Si. The summed E-state index contributed by atoms with van der Waals surface area (Å²) < 4.78 is 47.5. The van der Waals surface area contributed by atoms with Gasteiger partial charge in [-0.2, -0.15) is 0 Å². The van der Waals surface area contributed by atoms with E-state index in [0.717, 1.165) is 11.1 Å². The Morgan fingerprint density at radius 1 is 1.14 bits per heavy atom. The van der Waals surface area contributed by atoms with Crippen LogP contribution in [-0.2, 0) is 44.3 Å². The van der Waals surface area contributed by atoms with Crippen LogP contribution >= 0.6 is 0 Å². The molecule has 1 aromatic rings. The van der Waals surface area contributed by atoms with Crippen LogP contribution in [0.3, 0.4) is 0 Å². The maximum atomic E-state index is 12.9. The molecule has 12 heteroatoms. The Kier molecular flexibility index (Phi) is 16.0. The zero-order valence-corrected chi connectivity index (χ0v) is 32.6. The largest absolute Gasteiger partial charge is 0.493 e. The van der Waals surface area contributed by atoms with Gasteiger partial charge in [-0.1, -0.05) is 65.0 Å². The van der Waals surface area contributed by atoms with E-state index in [4.69, 9.17) is 37.6 Å². The van der Waals surface area contributed by atoms with E-state index >= 15 is 0 Å². The van der Waals surface area contributed by atoms with E-state index in [2.05, 4.69) is 47.4 Å². The Balaban J connectivity index is 2.35. The van der Waals surface area contributed by atoms with Gasteiger partial charge >= 0.3 is 11.9 Å². The second-order valence-corrected chi connectivity index (χ2v) is 19.2. The zero-order valence-electron chi connectivity index (χ0n) is 31.6. The topological polar surface area (TPSA) is 128 Å². The summed E-state index contributed by atoms with van der Waals surface area (Å²) in [6, 6.07) is 5.32. The van der Waals surface area contributed by atoms with E-state index < -0.39 is 44.4 Å². The maximum absolute atomic E-state index is 12.9. The van der Waals surface area contributed by atoms with Crippen molar-refractivity contribution in [1.82, 2.24) is 0 Å². The van der Waals surface area contributed by atoms with Crippen LogP contribution in [0.15, 0.2) is 42.5 Å². The number of rotatable bonds is 19. The predicted octanol–water partition coefficient (Wildman–Crippen LogP) is 6.94. The smallest absolute Gasteiger partial charge is 0.333 e. The van der Waals surface area contributed by atoms with Gasteiger partial charge in [-0.3, -0.25) is 4.79 Å². The van der Waals surface area contributed by atoms with Crippen molar-refractivity contribution >= 4 is 20.3 Å². The Hall–Kier alpha value is -2.74. The number of carbonyl (C=O) groups is 2. The van der Waals surface area contributed by atoms with Gasteiger partial charge in [-0.15, -0.1) is 0 Å². The Morgan fingerprint density at radius 3 is 2.33 bits per heavy atom. The van der Waals surface area contributed by atoms with Gasteiger partial charge < -0.3 is 42.7 Å². The van der Waals surface area contributed by atoms with Crippen LogP contribution in [0.2, 0.25) is 18.1 Å². The monoisotopic (exact) mass is 708 g/mol. The lowest BCUT2D eigenvalue weighted by Gasteiger charge is -2.51. The summed E-state index contributed by atoms with van der Waals surface area (Å²) in [5.41, 5.74) is 1.53. The fourth-order valence-corrected chi connectivity index (χ4v) is 7.19. The molecule has 11 nitrogen and oxygen atoms in total. The first-order valence-electron chi connectivity index (χ1n) is 16.8. The molecule has 0 bridgehead atoms. The molecule has 0 saturated carbocycles. The molecule has 1 N–H and O–H groups in total. The van der Waals surface area contributed by atoms with Gasteiger partial charge in [0.05, 0.1) is 45.6 Å². The number of carboxylic acid groups (broad SMARTS) is 1. The van der Waals surface area contributed by atoms with Gasteiger partial charge in [-0.05, 0) is 42.8 Å². The van der Waals surface area contributed by atoms with Gasteiger partial charge in [0.1, 0.15) is 6.61 Å². The number of ether oxygens (including phenoxy) is 7. The highest BCUT2D eigenvalue weighted by Crippen LogP contribution is 2.45. The van der Waals surface area contributed by atoms with Crippen molar-refractivity contribution in [2.45, 2.75) is 116 Å². The summed E-state index contributed by atoms with van der Waals surface area (Å²) in [4.78, 5) is 25.1. The van der Waals surface area contributed by atoms with E-state index in [-0.39, 0.29) is 49.0 Å². The maximum Gasteiger partial charge on any atom is 0.333 e. The first-order chi connectivity index (χ1) is 22.9. The molecule has 49 heavy (non-hydrogen) atoms. The molecule has 0 aliphatic carbocycles. The third-order valence-electron chi connectivity index (χ3n) is 9.81. The van der Waals surface area contributed by atoms with Crippen molar-refractivity contribution in [2.24, 2.45) is 11.8 Å². The minimum atomic E-state index is -2.23. The number of carbonyl (C=O) groups excluding carboxylic acids is 1. The number of hydrogen-bond donors (Lipinski definition) is 1. The van der Waals surface area contributed by atoms with E-state index in [1.807, 2.05) is 19.9 Å². The summed E-state index contributed by atoms with van der Waals surface area (Å²) >= 11 is 0. The van der Waals surface area contributed by atoms with Crippen molar-refractivity contribution < 1.29 is 52.3 Å². The van der Waals surface area contributed by atoms with Gasteiger partial charge in [0, 0.05) is 38.9 Å². The number of hydrogen-bond acceptors (Lipinski definition) is 10. The molecule has 2 rings (SSSR count). The summed E-state index contributed by atoms with van der Waals surface area (Å²) in [6.45, 7) is 20.8. The van der Waals surface area contributed by atoms with Crippen molar-refractivity contribution in [3.05, 3.63) is 48.1 Å². The van der Waals surface area contributed by atoms with E-state index in [0.29, 0.717) is 17.9 Å². The molecule has 1 saturated heterocycles. The number of aliphatic carboxylic acids is 1. The van der Waals surface area contributed by atoms with E-state index in [1.165, 1.54) is 20.3 Å². The Bertz CT molecular complexity index is 1270. The van der Waals surface area contributed by atoms with Crippen LogP contribution < -0.4 is 9.47 Å². The third-order valence-corrected chi connectivity index (χ3v) is 14.3. The molecule has 1 heterocycles. The molecular weight excluding hydrogens is 648 g/mol. The third kappa shape index (κ3) is 11.7. The fourth-order valence-electron chi connectivity index (χ4n) is 5.79. The van der Waals surface area contributed by atoms with Crippen molar-refractivity contribution in [3.8, 4) is 11.5 Å². The minimum Gasteiger partial charge on any atom is -0.493 e. The van der Waals surface area contributed by atoms with Crippen LogP contribution in [-0.4, -0.2) is 90.6 Å². The predicted molar refractivity (Wildman–Crippen MR) is 190 cm³/mol. The summed E-state index contributed by atoms with van der Waals surface area (Å²) in [5.74, 6) is -2.02. The molecule has 0 amide bonds. The number of carboxylic acids is 1. The van der Waals surface area contributed by atoms with Crippen molar-refractivity contribution in [2.75, 3.05) is 35.0 Å². The molecule has 0 radical (unpaired) electrons. The molecule has 278 valence electrons. The summed E-state index contributed by atoms with van der Waals surface area (Å²) in [6.07, 6.45) is 1.56. The normalized spacial score (nSPS) is 23.7. The molecule has 0 spiro atoms. The molecule has 0 unspecified atom stereocenters. The Labute approximate surface area is 294 Å². The van der Waals surface area contributed by atoms with Gasteiger partial charge in [0.2, 0.25) is 0 Å². The lowest BCUT2D eigenvalue weighted by molar-refractivity contribution is -0.310. The minimum absolute atomic E-state index is 0.0398. The SMILES string of the molecule is C=CCOC(=O)C[C@]1(OC)C[C@H](O[Si](C)(C)C(C)(C)C)[C@@H](C)[C@H]([C@H](C)[C@@H](/C=C(\C)C[C@@H](OCc2ccc(OC)c(OC)c2)C(=O)O)OC)O1. The first-order valence-corrected chi connectivity index (χ1v) is 19.7. The van der Waals surface area contributed by atoms with Crippen LogP contribution in [0.1, 0.15) is 66.4 Å². The number of benzene rings is 1. The second-order valence-electron chi connectivity index (χ2n) is 14.4. The number of esters is 1. The highest BCUT2D eigenvalue weighted by atomic mass is 28.4. The van der Waals surface area contributed by atoms with Crippen LogP contribution in [0, 0.1) is 11.8 Å². The highest BCUT2D eigenvalue weighted by molar-refractivity contribution is 6.74. The summed E-state index contributed by atoms with van der Waals surface area (Å²) in [5, 5.41) is 9.96. The lowest BCUT2D eigenvalue weighted by Crippen LogP contribution is -2.59. The van der Waals surface area contributed by atoms with Crippen LogP contribution in [0.4, 0.5) is 0 Å². The van der Waals surface area contributed by atoms with Gasteiger partial charge in [0.15, 0.2) is 31.7 Å². The molecule has 1 aliphatic rings. The molecule has 0 aromatic heterocycles.